The molecule has 0 amide bonds. The van der Waals surface area contributed by atoms with Crippen LogP contribution in [0.3, 0.4) is 0 Å². The number of ketones is 2. The van der Waals surface area contributed by atoms with Crippen molar-refractivity contribution in [2.24, 2.45) is 5.73 Å². The first-order valence-electron chi connectivity index (χ1n) is 5.77. The van der Waals surface area contributed by atoms with Crippen molar-refractivity contribution in [2.75, 3.05) is 0 Å². The first-order chi connectivity index (χ1) is 10.1. The first-order valence-corrected chi connectivity index (χ1v) is 6.53. The molecule has 1 aromatic rings. The van der Waals surface area contributed by atoms with Gasteiger partial charge in [0, 0.05) is 6.92 Å². The minimum Gasteiger partial charge on any atom is -0.481 e. The number of carboxylic acids is 2. The SMILES string of the molecule is CC(=O)C(=O)c1c(Cl)cccc1Cl.N[C@@H](CC(=O)O)C(=O)O. The number of aliphatic carboxylic acids is 2. The van der Waals surface area contributed by atoms with Crippen molar-refractivity contribution in [3.63, 3.8) is 0 Å². The Hall–Kier alpha value is -1.96. The lowest BCUT2D eigenvalue weighted by Gasteiger charge is -2.02. The van der Waals surface area contributed by atoms with Crippen LogP contribution >= 0.6 is 23.2 Å². The molecule has 120 valence electrons. The van der Waals surface area contributed by atoms with E-state index in [1.54, 1.807) is 6.07 Å². The number of carboxylic acid groups (broad SMARTS) is 2. The second kappa shape index (κ2) is 9.14. The average molecular weight is 350 g/mol. The predicted molar refractivity (Wildman–Crippen MR) is 79.3 cm³/mol. The lowest BCUT2D eigenvalue weighted by Crippen LogP contribution is -2.32. The summed E-state index contributed by atoms with van der Waals surface area (Å²) in [4.78, 5) is 41.7. The van der Waals surface area contributed by atoms with E-state index in [1.807, 2.05) is 0 Å². The Bertz CT molecular complexity index is 582. The molecule has 0 aliphatic carbocycles. The Morgan fingerprint density at radius 1 is 1.14 bits per heavy atom. The summed E-state index contributed by atoms with van der Waals surface area (Å²) >= 11 is 11.4. The van der Waals surface area contributed by atoms with Gasteiger partial charge in [-0.2, -0.15) is 0 Å². The van der Waals surface area contributed by atoms with E-state index in [-0.39, 0.29) is 15.6 Å². The quantitative estimate of drug-likeness (QED) is 0.543. The number of nitrogens with two attached hydrogens (primary N) is 1. The fourth-order valence-corrected chi connectivity index (χ4v) is 1.74. The molecule has 1 atom stereocenters. The summed E-state index contributed by atoms with van der Waals surface area (Å²) in [6.45, 7) is 1.18. The first kappa shape index (κ1) is 20.0. The van der Waals surface area contributed by atoms with Crippen LogP contribution in [-0.2, 0) is 14.4 Å². The van der Waals surface area contributed by atoms with Gasteiger partial charge < -0.3 is 15.9 Å². The fraction of sp³-hybridized carbons (Fsp3) is 0.231. The molecular formula is C13H13Cl2NO6. The molecular weight excluding hydrogens is 337 g/mol. The molecule has 0 bridgehead atoms. The van der Waals surface area contributed by atoms with Crippen LogP contribution in [-0.4, -0.2) is 39.8 Å². The van der Waals surface area contributed by atoms with Crippen LogP contribution in [0.2, 0.25) is 10.0 Å². The van der Waals surface area contributed by atoms with Gasteiger partial charge in [-0.25, -0.2) is 0 Å². The van der Waals surface area contributed by atoms with Gasteiger partial charge in [-0.3, -0.25) is 19.2 Å². The second-order valence-corrected chi connectivity index (χ2v) is 4.84. The molecule has 0 spiro atoms. The highest BCUT2D eigenvalue weighted by Crippen LogP contribution is 2.24. The van der Waals surface area contributed by atoms with Gasteiger partial charge in [0.25, 0.3) is 0 Å². The monoisotopic (exact) mass is 349 g/mol. The zero-order valence-electron chi connectivity index (χ0n) is 11.4. The van der Waals surface area contributed by atoms with Gasteiger partial charge >= 0.3 is 11.9 Å². The molecule has 0 heterocycles. The summed E-state index contributed by atoms with van der Waals surface area (Å²) in [6, 6.07) is 3.36. The van der Waals surface area contributed by atoms with Crippen LogP contribution in [0, 0.1) is 0 Å². The molecule has 9 heteroatoms. The molecule has 22 heavy (non-hydrogen) atoms. The Labute approximate surface area is 135 Å². The molecule has 4 N–H and O–H groups in total. The number of halogens is 2. The summed E-state index contributed by atoms with van der Waals surface area (Å²) in [7, 11) is 0. The number of carbonyl (C=O) groups excluding carboxylic acids is 2. The highest BCUT2D eigenvalue weighted by atomic mass is 35.5. The molecule has 0 saturated heterocycles. The van der Waals surface area contributed by atoms with E-state index in [2.05, 4.69) is 0 Å². The smallest absolute Gasteiger partial charge is 0.321 e. The number of benzene rings is 1. The van der Waals surface area contributed by atoms with E-state index < -0.39 is 36.0 Å². The second-order valence-electron chi connectivity index (χ2n) is 4.02. The summed E-state index contributed by atoms with van der Waals surface area (Å²) in [5.41, 5.74) is 4.92. The minimum absolute atomic E-state index is 0.0818. The van der Waals surface area contributed by atoms with Crippen LogP contribution in [0.4, 0.5) is 0 Å². The highest BCUT2D eigenvalue weighted by Gasteiger charge is 2.17. The van der Waals surface area contributed by atoms with Crippen LogP contribution in [0.1, 0.15) is 23.7 Å². The van der Waals surface area contributed by atoms with Crippen molar-refractivity contribution in [2.45, 2.75) is 19.4 Å². The van der Waals surface area contributed by atoms with Crippen LogP contribution in [0.15, 0.2) is 18.2 Å². The van der Waals surface area contributed by atoms with E-state index in [0.29, 0.717) is 0 Å². The number of hydrogen-bond donors (Lipinski definition) is 3. The maximum Gasteiger partial charge on any atom is 0.321 e. The molecule has 0 unspecified atom stereocenters. The number of Topliss-reactive ketones (excluding diaryl/α,β-unsaturated/α-hetero) is 2. The van der Waals surface area contributed by atoms with Gasteiger partial charge in [0.15, 0.2) is 5.78 Å². The van der Waals surface area contributed by atoms with Gasteiger partial charge in [-0.1, -0.05) is 29.3 Å². The normalized spacial score (nSPS) is 10.9. The van der Waals surface area contributed by atoms with Crippen molar-refractivity contribution >= 4 is 46.7 Å². The Balaban J connectivity index is 0.000000433. The van der Waals surface area contributed by atoms with Crippen molar-refractivity contribution in [3.8, 4) is 0 Å². The van der Waals surface area contributed by atoms with E-state index in [0.717, 1.165) is 0 Å². The van der Waals surface area contributed by atoms with Crippen molar-refractivity contribution in [1.29, 1.82) is 0 Å². The maximum atomic E-state index is 11.3. The van der Waals surface area contributed by atoms with Crippen molar-refractivity contribution in [3.05, 3.63) is 33.8 Å². The summed E-state index contributed by atoms with van der Waals surface area (Å²) in [5.74, 6) is -3.73. The van der Waals surface area contributed by atoms with Crippen molar-refractivity contribution < 1.29 is 29.4 Å². The molecule has 1 aromatic carbocycles. The zero-order chi connectivity index (χ0) is 17.4. The highest BCUT2D eigenvalue weighted by molar-refractivity contribution is 6.50. The lowest BCUT2D eigenvalue weighted by molar-refractivity contribution is -0.144. The standard InChI is InChI=1S/C9H6Cl2O2.C4H7NO4/c1-5(12)9(13)8-6(10)3-2-4-7(8)11;5-2(4(8)9)1-3(6)7/h2-4H,1H3;2H,1,5H2,(H,6,7)(H,8,9)/t;2-/m.0/s1. The summed E-state index contributed by atoms with van der Waals surface area (Å²) in [6.07, 6.45) is -0.532. The van der Waals surface area contributed by atoms with Crippen LogP contribution < -0.4 is 5.73 Å². The molecule has 0 aliphatic rings. The molecule has 0 aliphatic heterocycles. The van der Waals surface area contributed by atoms with Crippen molar-refractivity contribution in [1.82, 2.24) is 0 Å². The third kappa shape index (κ3) is 6.66. The molecule has 0 radical (unpaired) electrons. The third-order valence-corrected chi connectivity index (χ3v) is 2.85. The van der Waals surface area contributed by atoms with Crippen LogP contribution in [0.25, 0.3) is 0 Å². The molecule has 7 nitrogen and oxygen atoms in total. The van der Waals surface area contributed by atoms with E-state index in [1.165, 1.54) is 19.1 Å². The molecule has 0 aromatic heterocycles. The van der Waals surface area contributed by atoms with Gasteiger partial charge in [0.05, 0.1) is 22.0 Å². The minimum atomic E-state index is -1.29. The largest absolute Gasteiger partial charge is 0.481 e. The summed E-state index contributed by atoms with van der Waals surface area (Å²) < 4.78 is 0. The topological polar surface area (TPSA) is 135 Å². The maximum absolute atomic E-state index is 11.3. The van der Waals surface area contributed by atoms with Gasteiger partial charge in [-0.05, 0) is 12.1 Å². The van der Waals surface area contributed by atoms with Gasteiger partial charge in [-0.15, -0.1) is 0 Å². The third-order valence-electron chi connectivity index (χ3n) is 2.22. The van der Waals surface area contributed by atoms with E-state index in [9.17, 15) is 19.2 Å². The van der Waals surface area contributed by atoms with Gasteiger partial charge in [0.2, 0.25) is 5.78 Å². The average Bonchev–Trinajstić information content (AvgIpc) is 2.38. The Kier molecular flexibility index (Phi) is 8.32. The number of hydrogen-bond acceptors (Lipinski definition) is 5. The summed E-state index contributed by atoms with van der Waals surface area (Å²) in [5, 5.41) is 16.4. The molecule has 1 rings (SSSR count). The lowest BCUT2D eigenvalue weighted by atomic mass is 10.1. The predicted octanol–water partition coefficient (Wildman–Crippen LogP) is 1.64. The molecule has 0 saturated carbocycles. The zero-order valence-corrected chi connectivity index (χ0v) is 12.9. The van der Waals surface area contributed by atoms with Gasteiger partial charge in [0.1, 0.15) is 6.04 Å². The fourth-order valence-electron chi connectivity index (χ4n) is 1.17. The number of rotatable bonds is 5. The van der Waals surface area contributed by atoms with Crippen LogP contribution in [0.5, 0.6) is 0 Å². The Morgan fingerprint density at radius 3 is 1.86 bits per heavy atom. The van der Waals surface area contributed by atoms with E-state index in [4.69, 9.17) is 39.1 Å². The number of carbonyl (C=O) groups is 4. The Morgan fingerprint density at radius 2 is 1.59 bits per heavy atom. The molecule has 0 fully saturated rings. The van der Waals surface area contributed by atoms with E-state index >= 15 is 0 Å².